The van der Waals surface area contributed by atoms with Crippen LogP contribution in [0.25, 0.3) is 0 Å². The first-order valence-electron chi connectivity index (χ1n) is 6.78. The SMILES string of the molecule is Cc1nnc(Nc2cc(S(=O)(=O)NC3(C)CC3)ccc2N)o1. The summed E-state index contributed by atoms with van der Waals surface area (Å²) in [6, 6.07) is 4.59. The van der Waals surface area contributed by atoms with E-state index in [4.69, 9.17) is 10.2 Å². The molecule has 22 heavy (non-hydrogen) atoms. The van der Waals surface area contributed by atoms with Crippen LogP contribution in [0.4, 0.5) is 17.4 Å². The Morgan fingerprint density at radius 3 is 2.64 bits per heavy atom. The van der Waals surface area contributed by atoms with Crippen LogP contribution in [0.3, 0.4) is 0 Å². The predicted octanol–water partition coefficient (Wildman–Crippen LogP) is 1.53. The summed E-state index contributed by atoms with van der Waals surface area (Å²) in [5, 5.41) is 10.3. The van der Waals surface area contributed by atoms with Crippen molar-refractivity contribution in [2.75, 3.05) is 11.1 Å². The molecule has 8 nitrogen and oxygen atoms in total. The van der Waals surface area contributed by atoms with Gasteiger partial charge in [-0.2, -0.15) is 0 Å². The number of aryl methyl sites for hydroxylation is 1. The van der Waals surface area contributed by atoms with Gasteiger partial charge in [-0.15, -0.1) is 5.10 Å². The smallest absolute Gasteiger partial charge is 0.320 e. The molecule has 0 saturated heterocycles. The number of rotatable bonds is 5. The number of nitrogens with two attached hydrogens (primary N) is 1. The zero-order valence-electron chi connectivity index (χ0n) is 12.3. The number of nitrogens with zero attached hydrogens (tertiary/aromatic N) is 2. The summed E-state index contributed by atoms with van der Waals surface area (Å²) in [7, 11) is -3.59. The monoisotopic (exact) mass is 323 g/mol. The van der Waals surface area contributed by atoms with Crippen LogP contribution in [-0.2, 0) is 10.0 Å². The van der Waals surface area contributed by atoms with Crippen LogP contribution in [0.15, 0.2) is 27.5 Å². The number of sulfonamides is 1. The lowest BCUT2D eigenvalue weighted by molar-refractivity contribution is 0.535. The number of aromatic nitrogens is 2. The summed E-state index contributed by atoms with van der Waals surface area (Å²) in [4.78, 5) is 0.133. The zero-order chi connectivity index (χ0) is 16.0. The van der Waals surface area contributed by atoms with Crippen molar-refractivity contribution < 1.29 is 12.8 Å². The second-order valence-electron chi connectivity index (χ2n) is 5.67. The highest BCUT2D eigenvalue weighted by Crippen LogP contribution is 2.36. The molecule has 1 aromatic heterocycles. The van der Waals surface area contributed by atoms with Crippen LogP contribution in [0.1, 0.15) is 25.7 Å². The number of anilines is 3. The first-order chi connectivity index (χ1) is 10.3. The Bertz CT molecular complexity index is 811. The van der Waals surface area contributed by atoms with Gasteiger partial charge in [0.2, 0.25) is 15.9 Å². The van der Waals surface area contributed by atoms with E-state index in [2.05, 4.69) is 20.2 Å². The largest absolute Gasteiger partial charge is 0.408 e. The molecule has 1 fully saturated rings. The van der Waals surface area contributed by atoms with Crippen LogP contribution in [0, 0.1) is 6.92 Å². The molecular formula is C13H17N5O3S. The third-order valence-corrected chi connectivity index (χ3v) is 5.12. The molecule has 0 atom stereocenters. The van der Waals surface area contributed by atoms with Crippen molar-refractivity contribution in [1.82, 2.24) is 14.9 Å². The first-order valence-corrected chi connectivity index (χ1v) is 8.26. The normalized spacial score (nSPS) is 16.5. The lowest BCUT2D eigenvalue weighted by atomic mass is 10.3. The second kappa shape index (κ2) is 4.96. The summed E-state index contributed by atoms with van der Waals surface area (Å²) in [5.74, 6) is 0.396. The van der Waals surface area contributed by atoms with Crippen molar-refractivity contribution in [3.05, 3.63) is 24.1 Å². The number of benzene rings is 1. The molecule has 0 spiro atoms. The Labute approximate surface area is 128 Å². The van der Waals surface area contributed by atoms with Gasteiger partial charge in [0, 0.05) is 12.5 Å². The molecule has 0 aliphatic heterocycles. The quantitative estimate of drug-likeness (QED) is 0.713. The standard InChI is InChI=1S/C13H17N5O3S/c1-8-16-17-12(21-8)15-11-7-9(3-4-10(11)14)22(19,20)18-13(2)5-6-13/h3-4,7,18H,5-6,14H2,1-2H3,(H,15,17). The van der Waals surface area contributed by atoms with E-state index in [9.17, 15) is 8.42 Å². The Kier molecular flexibility index (Phi) is 3.33. The fourth-order valence-electron chi connectivity index (χ4n) is 1.95. The van der Waals surface area contributed by atoms with Crippen molar-refractivity contribution in [2.24, 2.45) is 0 Å². The van der Waals surface area contributed by atoms with E-state index in [1.54, 1.807) is 6.92 Å². The van der Waals surface area contributed by atoms with Crippen LogP contribution < -0.4 is 15.8 Å². The van der Waals surface area contributed by atoms with E-state index in [0.717, 1.165) is 12.8 Å². The van der Waals surface area contributed by atoms with E-state index in [-0.39, 0.29) is 16.4 Å². The maximum atomic E-state index is 12.4. The predicted molar refractivity (Wildman–Crippen MR) is 81.1 cm³/mol. The Morgan fingerprint density at radius 1 is 1.32 bits per heavy atom. The van der Waals surface area contributed by atoms with Crippen molar-refractivity contribution in [3.63, 3.8) is 0 Å². The molecule has 9 heteroatoms. The van der Waals surface area contributed by atoms with Crippen LogP contribution in [0.5, 0.6) is 0 Å². The molecule has 4 N–H and O–H groups in total. The molecular weight excluding hydrogens is 306 g/mol. The molecule has 2 aromatic rings. The Balaban J connectivity index is 1.89. The van der Waals surface area contributed by atoms with Gasteiger partial charge in [0.15, 0.2) is 0 Å². The van der Waals surface area contributed by atoms with Gasteiger partial charge in [0.05, 0.1) is 16.3 Å². The average Bonchev–Trinajstić information content (AvgIpc) is 2.99. The summed E-state index contributed by atoms with van der Waals surface area (Å²) in [6.45, 7) is 3.53. The van der Waals surface area contributed by atoms with Crippen LogP contribution >= 0.6 is 0 Å². The van der Waals surface area contributed by atoms with Gasteiger partial charge in [-0.1, -0.05) is 5.10 Å². The third kappa shape index (κ3) is 3.04. The fourth-order valence-corrected chi connectivity index (χ4v) is 3.44. The minimum absolute atomic E-state index is 0.133. The van der Waals surface area contributed by atoms with Crippen LogP contribution in [0.2, 0.25) is 0 Å². The minimum Gasteiger partial charge on any atom is -0.408 e. The van der Waals surface area contributed by atoms with Gasteiger partial charge in [-0.3, -0.25) is 0 Å². The van der Waals surface area contributed by atoms with E-state index in [0.29, 0.717) is 17.3 Å². The molecule has 3 rings (SSSR count). The van der Waals surface area contributed by atoms with E-state index in [1.165, 1.54) is 18.2 Å². The van der Waals surface area contributed by atoms with E-state index < -0.39 is 10.0 Å². The van der Waals surface area contributed by atoms with Gasteiger partial charge in [-0.25, -0.2) is 13.1 Å². The summed E-state index contributed by atoms with van der Waals surface area (Å²) in [5.41, 5.74) is 6.30. The minimum atomic E-state index is -3.59. The fraction of sp³-hybridized carbons (Fsp3) is 0.385. The highest BCUT2D eigenvalue weighted by molar-refractivity contribution is 7.89. The highest BCUT2D eigenvalue weighted by Gasteiger charge is 2.41. The molecule has 1 heterocycles. The van der Waals surface area contributed by atoms with Crippen molar-refractivity contribution >= 4 is 27.4 Å². The molecule has 1 aliphatic rings. The summed E-state index contributed by atoms with van der Waals surface area (Å²) in [6.07, 6.45) is 1.68. The molecule has 1 aromatic carbocycles. The lowest BCUT2D eigenvalue weighted by Gasteiger charge is -2.14. The van der Waals surface area contributed by atoms with Crippen molar-refractivity contribution in [3.8, 4) is 0 Å². The Hall–Kier alpha value is -2.13. The van der Waals surface area contributed by atoms with Crippen molar-refractivity contribution in [2.45, 2.75) is 37.1 Å². The topological polar surface area (TPSA) is 123 Å². The van der Waals surface area contributed by atoms with Gasteiger partial charge in [-0.05, 0) is 38.0 Å². The molecule has 118 valence electrons. The maximum Gasteiger partial charge on any atom is 0.320 e. The average molecular weight is 323 g/mol. The maximum absolute atomic E-state index is 12.4. The molecule has 0 unspecified atom stereocenters. The second-order valence-corrected chi connectivity index (χ2v) is 7.35. The third-order valence-electron chi connectivity index (χ3n) is 3.48. The molecule has 0 bridgehead atoms. The van der Waals surface area contributed by atoms with Gasteiger partial charge < -0.3 is 15.5 Å². The first kappa shape index (κ1) is 14.8. The number of nitrogens with one attached hydrogen (secondary N) is 2. The van der Waals surface area contributed by atoms with Gasteiger partial charge >= 0.3 is 6.01 Å². The molecule has 0 radical (unpaired) electrons. The van der Waals surface area contributed by atoms with E-state index >= 15 is 0 Å². The highest BCUT2D eigenvalue weighted by atomic mass is 32.2. The Morgan fingerprint density at radius 2 is 2.05 bits per heavy atom. The number of nitrogen functional groups attached to an aromatic ring is 1. The van der Waals surface area contributed by atoms with Gasteiger partial charge in [0.25, 0.3) is 0 Å². The number of hydrogen-bond acceptors (Lipinski definition) is 7. The zero-order valence-corrected chi connectivity index (χ0v) is 13.1. The molecule has 1 saturated carbocycles. The van der Waals surface area contributed by atoms with Crippen LogP contribution in [-0.4, -0.2) is 24.2 Å². The van der Waals surface area contributed by atoms with Gasteiger partial charge in [0.1, 0.15) is 0 Å². The summed E-state index contributed by atoms with van der Waals surface area (Å²) >= 11 is 0. The lowest BCUT2D eigenvalue weighted by Crippen LogP contribution is -2.34. The van der Waals surface area contributed by atoms with E-state index in [1.807, 2.05) is 6.92 Å². The number of hydrogen-bond donors (Lipinski definition) is 3. The molecule has 1 aliphatic carbocycles. The summed E-state index contributed by atoms with van der Waals surface area (Å²) < 4.78 is 32.6. The molecule has 0 amide bonds. The van der Waals surface area contributed by atoms with Crippen molar-refractivity contribution in [1.29, 1.82) is 0 Å².